The van der Waals surface area contributed by atoms with Crippen LogP contribution in [0.1, 0.15) is 37.4 Å². The van der Waals surface area contributed by atoms with Crippen molar-refractivity contribution < 1.29 is 19.0 Å². The summed E-state index contributed by atoms with van der Waals surface area (Å²) in [5.74, 6) is 1.03. The van der Waals surface area contributed by atoms with Gasteiger partial charge in [-0.2, -0.15) is 0 Å². The molecule has 1 unspecified atom stereocenters. The van der Waals surface area contributed by atoms with E-state index in [1.54, 1.807) is 14.2 Å². The Morgan fingerprint density at radius 2 is 1.71 bits per heavy atom. The van der Waals surface area contributed by atoms with E-state index in [1.165, 1.54) is 7.11 Å². The van der Waals surface area contributed by atoms with Gasteiger partial charge in [-0.15, -0.1) is 0 Å². The maximum Gasteiger partial charge on any atom is 0.311 e. The zero-order valence-corrected chi connectivity index (χ0v) is 13.6. The minimum Gasteiger partial charge on any atom is -0.493 e. The zero-order valence-electron chi connectivity index (χ0n) is 13.6. The number of benzene rings is 1. The summed E-state index contributed by atoms with van der Waals surface area (Å²) >= 11 is 0. The van der Waals surface area contributed by atoms with Crippen molar-refractivity contribution in [3.05, 3.63) is 23.3 Å². The van der Waals surface area contributed by atoms with Crippen molar-refractivity contribution in [2.24, 2.45) is 11.1 Å². The van der Waals surface area contributed by atoms with Gasteiger partial charge >= 0.3 is 5.97 Å². The number of carbonyl (C=O) groups is 1. The van der Waals surface area contributed by atoms with Crippen molar-refractivity contribution in [1.82, 2.24) is 0 Å². The number of carbonyl (C=O) groups excluding carboxylic acids is 1. The number of ether oxygens (including phenoxy) is 3. The Kier molecular flexibility index (Phi) is 5.61. The van der Waals surface area contributed by atoms with Crippen LogP contribution in [0.15, 0.2) is 12.1 Å². The average molecular weight is 295 g/mol. The van der Waals surface area contributed by atoms with Gasteiger partial charge < -0.3 is 19.9 Å². The number of hydrogen-bond donors (Lipinski definition) is 1. The summed E-state index contributed by atoms with van der Waals surface area (Å²) in [7, 11) is 4.56. The van der Waals surface area contributed by atoms with Crippen LogP contribution in [-0.2, 0) is 9.53 Å². The van der Waals surface area contributed by atoms with E-state index in [0.717, 1.165) is 11.1 Å². The lowest BCUT2D eigenvalue weighted by Crippen LogP contribution is -2.30. The maximum absolute atomic E-state index is 11.8. The molecule has 2 N–H and O–H groups in total. The molecule has 0 aliphatic heterocycles. The highest BCUT2D eigenvalue weighted by atomic mass is 16.5. The van der Waals surface area contributed by atoms with E-state index in [2.05, 4.69) is 0 Å². The molecule has 0 radical (unpaired) electrons. The van der Waals surface area contributed by atoms with E-state index < -0.39 is 5.41 Å². The van der Waals surface area contributed by atoms with E-state index in [1.807, 2.05) is 32.9 Å². The van der Waals surface area contributed by atoms with Crippen LogP contribution in [0.4, 0.5) is 0 Å². The summed E-state index contributed by atoms with van der Waals surface area (Å²) in [6.45, 7) is 5.62. The van der Waals surface area contributed by atoms with Crippen molar-refractivity contribution in [3.8, 4) is 11.5 Å². The molecule has 0 heterocycles. The normalized spacial score (nSPS) is 12.7. The first-order valence-corrected chi connectivity index (χ1v) is 6.83. The minimum atomic E-state index is -0.645. The van der Waals surface area contributed by atoms with Gasteiger partial charge in [-0.3, -0.25) is 4.79 Å². The molecule has 0 bridgehead atoms. The van der Waals surface area contributed by atoms with E-state index >= 15 is 0 Å². The predicted octanol–water partition coefficient (Wildman–Crippen LogP) is 2.60. The Balaban J connectivity index is 3.07. The second-order valence-electron chi connectivity index (χ2n) is 5.75. The van der Waals surface area contributed by atoms with Crippen LogP contribution in [-0.4, -0.2) is 27.3 Å². The van der Waals surface area contributed by atoms with Gasteiger partial charge in [0.1, 0.15) is 0 Å². The molecule has 0 aromatic heterocycles. The van der Waals surface area contributed by atoms with Crippen LogP contribution in [0.2, 0.25) is 0 Å². The molecular weight excluding hydrogens is 270 g/mol. The Morgan fingerprint density at radius 3 is 2.19 bits per heavy atom. The van der Waals surface area contributed by atoms with Crippen molar-refractivity contribution >= 4 is 5.97 Å². The quantitative estimate of drug-likeness (QED) is 0.817. The fraction of sp³-hybridized carbons (Fsp3) is 0.562. The number of nitrogens with two attached hydrogens (primary N) is 1. The van der Waals surface area contributed by atoms with Crippen molar-refractivity contribution in [3.63, 3.8) is 0 Å². The molecule has 5 nitrogen and oxygen atoms in total. The summed E-state index contributed by atoms with van der Waals surface area (Å²) in [5.41, 5.74) is 7.58. The van der Waals surface area contributed by atoms with Crippen LogP contribution >= 0.6 is 0 Å². The van der Waals surface area contributed by atoms with Crippen molar-refractivity contribution in [2.45, 2.75) is 33.2 Å². The summed E-state index contributed by atoms with van der Waals surface area (Å²) in [5, 5.41) is 0. The van der Waals surface area contributed by atoms with Gasteiger partial charge in [0.25, 0.3) is 0 Å². The fourth-order valence-corrected chi connectivity index (χ4v) is 2.42. The first kappa shape index (κ1) is 17.3. The van der Waals surface area contributed by atoms with Gasteiger partial charge in [-0.1, -0.05) is 0 Å². The molecule has 0 amide bonds. The molecule has 118 valence electrons. The third-order valence-electron chi connectivity index (χ3n) is 3.64. The molecule has 21 heavy (non-hydrogen) atoms. The number of hydrogen-bond acceptors (Lipinski definition) is 5. The van der Waals surface area contributed by atoms with Crippen molar-refractivity contribution in [1.29, 1.82) is 0 Å². The highest BCUT2D eigenvalue weighted by Gasteiger charge is 2.32. The van der Waals surface area contributed by atoms with E-state index in [-0.39, 0.29) is 12.0 Å². The maximum atomic E-state index is 11.8. The largest absolute Gasteiger partial charge is 0.493 e. The number of methoxy groups -OCH3 is 3. The number of aryl methyl sites for hydroxylation is 1. The van der Waals surface area contributed by atoms with Gasteiger partial charge in [-0.05, 0) is 50.5 Å². The smallest absolute Gasteiger partial charge is 0.311 e. The Labute approximate surface area is 126 Å². The van der Waals surface area contributed by atoms with E-state index in [4.69, 9.17) is 19.9 Å². The summed E-state index contributed by atoms with van der Waals surface area (Å²) in [6.07, 6.45) is 0.482. The summed E-state index contributed by atoms with van der Waals surface area (Å²) < 4.78 is 15.4. The summed E-state index contributed by atoms with van der Waals surface area (Å²) in [4.78, 5) is 11.8. The van der Waals surface area contributed by atoms with Crippen LogP contribution in [0.5, 0.6) is 11.5 Å². The number of rotatable bonds is 6. The first-order chi connectivity index (χ1) is 9.76. The van der Waals surface area contributed by atoms with Gasteiger partial charge in [0.05, 0.1) is 26.7 Å². The first-order valence-electron chi connectivity index (χ1n) is 6.83. The van der Waals surface area contributed by atoms with Crippen LogP contribution < -0.4 is 15.2 Å². The molecular formula is C16H25NO4. The fourth-order valence-electron chi connectivity index (χ4n) is 2.42. The van der Waals surface area contributed by atoms with E-state index in [0.29, 0.717) is 17.9 Å². The number of esters is 1. The van der Waals surface area contributed by atoms with Gasteiger partial charge in [-0.25, -0.2) is 0 Å². The second-order valence-corrected chi connectivity index (χ2v) is 5.75. The lowest BCUT2D eigenvalue weighted by atomic mass is 9.83. The van der Waals surface area contributed by atoms with Crippen LogP contribution in [0.25, 0.3) is 0 Å². The lowest BCUT2D eigenvalue weighted by Gasteiger charge is -2.26. The molecule has 0 saturated carbocycles. The SMILES string of the molecule is COC(=O)C(C)(C)CC(N)c1cc(OC)c(OC)cc1C. The summed E-state index contributed by atoms with van der Waals surface area (Å²) in [6, 6.07) is 3.46. The topological polar surface area (TPSA) is 70.8 Å². The van der Waals surface area contributed by atoms with E-state index in [9.17, 15) is 4.79 Å². The average Bonchev–Trinajstić information content (AvgIpc) is 2.45. The van der Waals surface area contributed by atoms with Gasteiger partial charge in [0.15, 0.2) is 11.5 Å². The predicted molar refractivity (Wildman–Crippen MR) is 81.6 cm³/mol. The van der Waals surface area contributed by atoms with Crippen molar-refractivity contribution in [2.75, 3.05) is 21.3 Å². The second kappa shape index (κ2) is 6.80. The third kappa shape index (κ3) is 3.88. The van der Waals surface area contributed by atoms with Crippen LogP contribution in [0, 0.1) is 12.3 Å². The third-order valence-corrected chi connectivity index (χ3v) is 3.64. The highest BCUT2D eigenvalue weighted by Crippen LogP contribution is 2.36. The molecule has 0 saturated heterocycles. The molecule has 0 aliphatic rings. The molecule has 5 heteroatoms. The Bertz CT molecular complexity index is 511. The Hall–Kier alpha value is -1.75. The minimum absolute atomic E-state index is 0.268. The Morgan fingerprint density at radius 1 is 1.19 bits per heavy atom. The molecule has 1 rings (SSSR count). The molecule has 1 aromatic rings. The highest BCUT2D eigenvalue weighted by molar-refractivity contribution is 5.75. The van der Waals surface area contributed by atoms with Gasteiger partial charge in [0, 0.05) is 6.04 Å². The monoisotopic (exact) mass is 295 g/mol. The molecule has 0 aliphatic carbocycles. The molecule has 1 aromatic carbocycles. The van der Waals surface area contributed by atoms with Crippen LogP contribution in [0.3, 0.4) is 0 Å². The standard InChI is InChI=1S/C16H25NO4/c1-10-7-13(19-4)14(20-5)8-11(10)12(17)9-16(2,3)15(18)21-6/h7-8,12H,9,17H2,1-6H3. The molecule has 1 atom stereocenters. The zero-order chi connectivity index (χ0) is 16.2. The molecule has 0 fully saturated rings. The van der Waals surface area contributed by atoms with Gasteiger partial charge in [0.2, 0.25) is 0 Å². The molecule has 0 spiro atoms. The lowest BCUT2D eigenvalue weighted by molar-refractivity contribution is -0.151.